The van der Waals surface area contributed by atoms with Crippen molar-refractivity contribution in [2.75, 3.05) is 0 Å². The van der Waals surface area contributed by atoms with Gasteiger partial charge in [0.25, 0.3) is 0 Å². The molecule has 1 saturated carbocycles. The maximum Gasteiger partial charge on any atom is 0.0554 e. The fourth-order valence-corrected chi connectivity index (χ4v) is 3.72. The van der Waals surface area contributed by atoms with Crippen LogP contribution in [0.5, 0.6) is 0 Å². The van der Waals surface area contributed by atoms with Crippen LogP contribution < -0.4 is 0 Å². The Bertz CT molecular complexity index is 415. The molecule has 0 saturated heterocycles. The van der Waals surface area contributed by atoms with Gasteiger partial charge in [-0.25, -0.2) is 5.41 Å². The third kappa shape index (κ3) is 9.03. The maximum atomic E-state index is 5.77. The van der Waals surface area contributed by atoms with E-state index in [1.54, 1.807) is 10.7 Å². The van der Waals surface area contributed by atoms with Gasteiger partial charge in [-0.15, -0.1) is 0 Å². The molecule has 0 aromatic heterocycles. The lowest BCUT2D eigenvalue weighted by Crippen LogP contribution is -2.13. The molecule has 0 aliphatic heterocycles. The highest BCUT2D eigenvalue weighted by molar-refractivity contribution is 7.78. The topological polar surface area (TPSA) is 23.9 Å². The molecule has 0 amide bonds. The van der Waals surface area contributed by atoms with Crippen LogP contribution >= 0.6 is 12.2 Å². The number of unbranched alkanes of at least 4 members (excludes halogenated alkanes) is 5. The van der Waals surface area contributed by atoms with E-state index >= 15 is 0 Å². The smallest absolute Gasteiger partial charge is 0.0554 e. The Hall–Kier alpha value is -0.980. The summed E-state index contributed by atoms with van der Waals surface area (Å²) < 4.78 is 0. The van der Waals surface area contributed by atoms with Gasteiger partial charge < -0.3 is 0 Å². The van der Waals surface area contributed by atoms with E-state index in [1.165, 1.54) is 70.6 Å². The highest BCUT2D eigenvalue weighted by atomic mass is 32.1. The molecule has 1 aliphatic carbocycles. The third-order valence-corrected chi connectivity index (χ3v) is 5.08. The minimum absolute atomic E-state index is 0.844. The van der Waals surface area contributed by atoms with Crippen molar-refractivity contribution in [1.29, 1.82) is 5.41 Å². The van der Waals surface area contributed by atoms with Crippen molar-refractivity contribution in [2.24, 2.45) is 5.92 Å². The maximum absolute atomic E-state index is 5.77. The van der Waals surface area contributed by atoms with Crippen LogP contribution in [-0.2, 0) is 0 Å². The second-order valence-corrected chi connectivity index (χ2v) is 6.99. The summed E-state index contributed by atoms with van der Waals surface area (Å²) in [6, 6.07) is 11.2. The number of benzene rings is 1. The number of nitrogens with one attached hydrogen (secondary N) is 1. The standard InChI is InChI=1S/C20H32.CHNS/c1-2-3-4-5-6-8-11-18-14-16-20(17-15-18)19-12-9-7-10-13-19;2-1-3/h7,9-10,12-13,18,20H,2-6,8,11,14-17H2,1H3;2H/t18-,20-;. The van der Waals surface area contributed by atoms with Crippen molar-refractivity contribution in [2.45, 2.75) is 83.5 Å². The number of hydrogen-bond acceptors (Lipinski definition) is 2. The fourth-order valence-electron chi connectivity index (χ4n) is 3.72. The van der Waals surface area contributed by atoms with Crippen molar-refractivity contribution in [3.8, 4) is 0 Å². The largest absolute Gasteiger partial charge is 0.248 e. The minimum atomic E-state index is 0.844. The summed E-state index contributed by atoms with van der Waals surface area (Å²) in [5.74, 6) is 1.87. The molecule has 0 heterocycles. The van der Waals surface area contributed by atoms with Crippen LogP contribution in [0.2, 0.25) is 0 Å². The molecule has 1 aromatic rings. The van der Waals surface area contributed by atoms with Gasteiger partial charge in [-0.05, 0) is 55.3 Å². The molecule has 1 nitrogen and oxygen atoms in total. The minimum Gasteiger partial charge on any atom is -0.248 e. The number of hydrogen-bond donors (Lipinski definition) is 1. The predicted molar refractivity (Wildman–Crippen MR) is 104 cm³/mol. The first-order valence-corrected chi connectivity index (χ1v) is 9.81. The summed E-state index contributed by atoms with van der Waals surface area (Å²) in [5.41, 5.74) is 1.57. The zero-order valence-corrected chi connectivity index (χ0v) is 15.5. The summed E-state index contributed by atoms with van der Waals surface area (Å²) in [6.07, 6.45) is 15.9. The molecule has 0 spiro atoms. The number of rotatable bonds is 8. The molecule has 2 heteroatoms. The summed E-state index contributed by atoms with van der Waals surface area (Å²) in [7, 11) is 0. The molecule has 0 unspecified atom stereocenters. The van der Waals surface area contributed by atoms with Crippen LogP contribution in [0.4, 0.5) is 0 Å². The molecule has 1 aromatic carbocycles. The van der Waals surface area contributed by atoms with Gasteiger partial charge in [-0.3, -0.25) is 0 Å². The molecule has 23 heavy (non-hydrogen) atoms. The van der Waals surface area contributed by atoms with Gasteiger partial charge >= 0.3 is 0 Å². The van der Waals surface area contributed by atoms with Gasteiger partial charge in [0.1, 0.15) is 0 Å². The number of thiocarbonyl (C=S) groups is 1. The Morgan fingerprint density at radius 1 is 0.957 bits per heavy atom. The first kappa shape index (κ1) is 20.1. The van der Waals surface area contributed by atoms with Crippen LogP contribution in [-0.4, -0.2) is 5.16 Å². The lowest BCUT2D eigenvalue weighted by Gasteiger charge is -2.28. The van der Waals surface area contributed by atoms with Crippen molar-refractivity contribution in [1.82, 2.24) is 0 Å². The highest BCUT2D eigenvalue weighted by Crippen LogP contribution is 2.37. The van der Waals surface area contributed by atoms with Crippen molar-refractivity contribution >= 4 is 17.4 Å². The normalized spacial score (nSPS) is 20.2. The molecule has 2 rings (SSSR count). The van der Waals surface area contributed by atoms with Crippen LogP contribution in [0.15, 0.2) is 30.3 Å². The first-order valence-electron chi connectivity index (χ1n) is 9.40. The van der Waals surface area contributed by atoms with Crippen LogP contribution in [0, 0.1) is 11.3 Å². The Morgan fingerprint density at radius 3 is 2.13 bits per heavy atom. The monoisotopic (exact) mass is 331 g/mol. The first-order chi connectivity index (χ1) is 11.3. The zero-order valence-electron chi connectivity index (χ0n) is 14.7. The SMILES string of the molecule is CCCCCCCC[C@H]1CC[C@H](c2ccccc2)CC1.N=C=S. The van der Waals surface area contributed by atoms with Gasteiger partial charge in [-0.1, -0.05) is 82.2 Å². The summed E-state index contributed by atoms with van der Waals surface area (Å²) >= 11 is 3.81. The molecule has 0 bridgehead atoms. The summed E-state index contributed by atoms with van der Waals surface area (Å²) in [4.78, 5) is 0. The molecule has 0 atom stereocenters. The number of isothiocyanates is 1. The van der Waals surface area contributed by atoms with Crippen molar-refractivity contribution in [3.05, 3.63) is 35.9 Å². The average molecular weight is 332 g/mol. The quantitative estimate of drug-likeness (QED) is 0.300. The molecule has 0 radical (unpaired) electrons. The van der Waals surface area contributed by atoms with Gasteiger partial charge in [0, 0.05) is 0 Å². The van der Waals surface area contributed by atoms with Gasteiger partial charge in [0.05, 0.1) is 5.16 Å². The van der Waals surface area contributed by atoms with Crippen LogP contribution in [0.25, 0.3) is 0 Å². The Labute approximate surface area is 148 Å². The van der Waals surface area contributed by atoms with Crippen molar-refractivity contribution < 1.29 is 0 Å². The third-order valence-electron chi connectivity index (χ3n) is 5.08. The van der Waals surface area contributed by atoms with Crippen LogP contribution in [0.3, 0.4) is 0 Å². The van der Waals surface area contributed by atoms with E-state index in [0.717, 1.165) is 11.8 Å². The molecule has 1 aliphatic rings. The van der Waals surface area contributed by atoms with E-state index in [4.69, 9.17) is 5.41 Å². The van der Waals surface area contributed by atoms with E-state index in [-0.39, 0.29) is 0 Å². The predicted octanol–water partition coefficient (Wildman–Crippen LogP) is 7.38. The summed E-state index contributed by atoms with van der Waals surface area (Å²) in [5, 5.41) is 7.36. The molecule has 1 N–H and O–H groups in total. The van der Waals surface area contributed by atoms with E-state index in [0.29, 0.717) is 0 Å². The molecule has 128 valence electrons. The lowest BCUT2D eigenvalue weighted by molar-refractivity contribution is 0.302. The van der Waals surface area contributed by atoms with Gasteiger partial charge in [0.15, 0.2) is 0 Å². The highest BCUT2D eigenvalue weighted by Gasteiger charge is 2.21. The summed E-state index contributed by atoms with van der Waals surface area (Å²) in [6.45, 7) is 2.30. The lowest BCUT2D eigenvalue weighted by atomic mass is 9.77. The Kier molecular flexibility index (Phi) is 11.7. The van der Waals surface area contributed by atoms with E-state index in [9.17, 15) is 0 Å². The molecular formula is C21H33NS. The fraction of sp³-hybridized carbons (Fsp3) is 0.667. The second kappa shape index (κ2) is 13.5. The van der Waals surface area contributed by atoms with Gasteiger partial charge in [0.2, 0.25) is 0 Å². The van der Waals surface area contributed by atoms with E-state index in [1.807, 2.05) is 0 Å². The van der Waals surface area contributed by atoms with E-state index < -0.39 is 0 Å². The average Bonchev–Trinajstić information content (AvgIpc) is 2.60. The van der Waals surface area contributed by atoms with Crippen LogP contribution in [0.1, 0.15) is 89.0 Å². The Balaban J connectivity index is 0.000000816. The molecule has 1 fully saturated rings. The van der Waals surface area contributed by atoms with Gasteiger partial charge in [-0.2, -0.15) is 0 Å². The molecular weight excluding hydrogens is 298 g/mol. The zero-order chi connectivity index (χ0) is 16.8. The second-order valence-electron chi connectivity index (χ2n) is 6.79. The van der Waals surface area contributed by atoms with E-state index in [2.05, 4.69) is 49.5 Å². The van der Waals surface area contributed by atoms with Crippen molar-refractivity contribution in [3.63, 3.8) is 0 Å². The Morgan fingerprint density at radius 2 is 1.52 bits per heavy atom.